The van der Waals surface area contributed by atoms with E-state index in [4.69, 9.17) is 0 Å². The van der Waals surface area contributed by atoms with Crippen molar-refractivity contribution in [2.75, 3.05) is 25.0 Å². The normalized spacial score (nSPS) is 13.9. The van der Waals surface area contributed by atoms with Crippen LogP contribution in [0.1, 0.15) is 0 Å². The number of hydrogen-bond acceptors (Lipinski definition) is 3. The number of nitrogens with one attached hydrogen (secondary N) is 3. The highest BCUT2D eigenvalue weighted by Crippen LogP contribution is 2.13. The maximum Gasteiger partial charge on any atom is 0.243 e. The maximum atomic E-state index is 11.6. The summed E-state index contributed by atoms with van der Waals surface area (Å²) in [4.78, 5) is 23.1. The van der Waals surface area contributed by atoms with E-state index in [0.29, 0.717) is 18.8 Å². The lowest BCUT2D eigenvalue weighted by atomic mass is 10.0. The van der Waals surface area contributed by atoms with Crippen molar-refractivity contribution in [3.8, 4) is 0 Å². The summed E-state index contributed by atoms with van der Waals surface area (Å²) in [6.45, 7) is 1.39. The quantitative estimate of drug-likeness (QED) is 0.764. The average Bonchev–Trinajstić information content (AvgIpc) is 2.27. The first kappa shape index (κ1) is 15.9. The van der Waals surface area contributed by atoms with Crippen molar-refractivity contribution in [1.82, 2.24) is 10.6 Å². The van der Waals surface area contributed by atoms with Crippen LogP contribution in [0.25, 0.3) is 0 Å². The molecule has 1 saturated heterocycles. The van der Waals surface area contributed by atoms with Crippen LogP contribution in [0.5, 0.6) is 0 Å². The number of carbonyl (C=O) groups is 2. The topological polar surface area (TPSA) is 70.2 Å². The first-order valence-corrected chi connectivity index (χ1v) is 6.48. The molecule has 0 saturated carbocycles. The zero-order valence-corrected chi connectivity index (χ0v) is 12.5. The number of rotatable bonds is 4. The van der Waals surface area contributed by atoms with Crippen LogP contribution in [0, 0.1) is 5.92 Å². The second-order valence-corrected chi connectivity index (χ2v) is 5.04. The molecule has 1 aliphatic heterocycles. The number of anilines is 1. The van der Waals surface area contributed by atoms with Crippen molar-refractivity contribution < 1.29 is 9.59 Å². The minimum absolute atomic E-state index is 0. The fraction of sp³-hybridized carbons (Fsp3) is 0.333. The fourth-order valence-corrected chi connectivity index (χ4v) is 1.79. The number of carbonyl (C=O) groups excluding carboxylic acids is 2. The van der Waals surface area contributed by atoms with Crippen molar-refractivity contribution in [3.63, 3.8) is 0 Å². The van der Waals surface area contributed by atoms with E-state index in [2.05, 4.69) is 31.9 Å². The molecule has 1 aromatic rings. The second kappa shape index (κ2) is 7.47. The standard InChI is InChI=1S/C12H14BrN3O2.ClH/c13-9-1-3-10(4-2-9)16-11(17)7-15-12(18)8-5-14-6-8;/h1-4,8,14H,5-7H2,(H,15,18)(H,16,17);1H. The van der Waals surface area contributed by atoms with Gasteiger partial charge in [-0.3, -0.25) is 9.59 Å². The third kappa shape index (κ3) is 4.81. The predicted octanol–water partition coefficient (Wildman–Crippen LogP) is 1.15. The van der Waals surface area contributed by atoms with E-state index in [1.54, 1.807) is 12.1 Å². The Bertz CT molecular complexity index is 449. The van der Waals surface area contributed by atoms with Gasteiger partial charge in [0.25, 0.3) is 0 Å². The van der Waals surface area contributed by atoms with Crippen LogP contribution in [0.4, 0.5) is 5.69 Å². The van der Waals surface area contributed by atoms with Gasteiger partial charge in [-0.05, 0) is 24.3 Å². The molecule has 2 rings (SSSR count). The zero-order valence-electron chi connectivity index (χ0n) is 10.1. The molecular weight excluding hydrogens is 334 g/mol. The summed E-state index contributed by atoms with van der Waals surface area (Å²) >= 11 is 3.32. The Hall–Kier alpha value is -1.11. The van der Waals surface area contributed by atoms with E-state index in [9.17, 15) is 9.59 Å². The van der Waals surface area contributed by atoms with Crippen molar-refractivity contribution in [3.05, 3.63) is 28.7 Å². The molecule has 2 amide bonds. The largest absolute Gasteiger partial charge is 0.347 e. The van der Waals surface area contributed by atoms with Gasteiger partial charge in [-0.15, -0.1) is 12.4 Å². The van der Waals surface area contributed by atoms with Crippen LogP contribution in [-0.4, -0.2) is 31.4 Å². The Morgan fingerprint density at radius 2 is 1.89 bits per heavy atom. The lowest BCUT2D eigenvalue weighted by molar-refractivity contribution is -0.128. The van der Waals surface area contributed by atoms with Gasteiger partial charge in [0.1, 0.15) is 0 Å². The molecule has 0 atom stereocenters. The van der Waals surface area contributed by atoms with Crippen molar-refractivity contribution in [1.29, 1.82) is 0 Å². The molecule has 0 aliphatic carbocycles. The Labute approximate surface area is 126 Å². The van der Waals surface area contributed by atoms with Crippen molar-refractivity contribution in [2.24, 2.45) is 5.92 Å². The van der Waals surface area contributed by atoms with E-state index < -0.39 is 0 Å². The predicted molar refractivity (Wildman–Crippen MR) is 79.4 cm³/mol. The molecule has 0 spiro atoms. The van der Waals surface area contributed by atoms with Crippen LogP contribution < -0.4 is 16.0 Å². The van der Waals surface area contributed by atoms with E-state index in [1.165, 1.54) is 0 Å². The summed E-state index contributed by atoms with van der Waals surface area (Å²) in [6.07, 6.45) is 0. The van der Waals surface area contributed by atoms with Gasteiger partial charge < -0.3 is 16.0 Å². The van der Waals surface area contributed by atoms with Crippen molar-refractivity contribution >= 4 is 45.8 Å². The maximum absolute atomic E-state index is 11.6. The molecule has 5 nitrogen and oxygen atoms in total. The number of amides is 2. The van der Waals surface area contributed by atoms with E-state index >= 15 is 0 Å². The Balaban J connectivity index is 0.00000180. The van der Waals surface area contributed by atoms with Crippen LogP contribution in [0.2, 0.25) is 0 Å². The molecule has 3 N–H and O–H groups in total. The van der Waals surface area contributed by atoms with E-state index in [1.807, 2.05) is 12.1 Å². The number of halogens is 2. The molecule has 0 unspecified atom stereocenters. The highest BCUT2D eigenvalue weighted by molar-refractivity contribution is 9.10. The molecule has 0 aromatic heterocycles. The smallest absolute Gasteiger partial charge is 0.243 e. The van der Waals surface area contributed by atoms with Crippen LogP contribution in [-0.2, 0) is 9.59 Å². The first-order chi connectivity index (χ1) is 8.65. The molecule has 1 heterocycles. The second-order valence-electron chi connectivity index (χ2n) is 4.13. The summed E-state index contributed by atoms with van der Waals surface area (Å²) in [5.74, 6) is -0.289. The SMILES string of the molecule is Cl.O=C(CNC(=O)C1CNC1)Nc1ccc(Br)cc1. The molecule has 0 bridgehead atoms. The van der Waals surface area contributed by atoms with Gasteiger partial charge >= 0.3 is 0 Å². The number of benzene rings is 1. The van der Waals surface area contributed by atoms with Gasteiger partial charge in [0.05, 0.1) is 12.5 Å². The van der Waals surface area contributed by atoms with Crippen LogP contribution in [0.15, 0.2) is 28.7 Å². The number of hydrogen-bond donors (Lipinski definition) is 3. The van der Waals surface area contributed by atoms with Crippen molar-refractivity contribution in [2.45, 2.75) is 0 Å². The van der Waals surface area contributed by atoms with Gasteiger partial charge in [-0.2, -0.15) is 0 Å². The summed E-state index contributed by atoms with van der Waals surface area (Å²) < 4.78 is 0.950. The lowest BCUT2D eigenvalue weighted by Crippen LogP contribution is -2.51. The summed E-state index contributed by atoms with van der Waals surface area (Å²) in [6, 6.07) is 7.27. The van der Waals surface area contributed by atoms with Gasteiger partial charge in [-0.1, -0.05) is 15.9 Å². The molecule has 104 valence electrons. The van der Waals surface area contributed by atoms with Gasteiger partial charge in [0.2, 0.25) is 11.8 Å². The first-order valence-electron chi connectivity index (χ1n) is 5.69. The zero-order chi connectivity index (χ0) is 13.0. The van der Waals surface area contributed by atoms with Crippen LogP contribution >= 0.6 is 28.3 Å². The molecule has 1 fully saturated rings. The highest BCUT2D eigenvalue weighted by atomic mass is 79.9. The fourth-order valence-electron chi connectivity index (χ4n) is 1.52. The molecule has 1 aromatic carbocycles. The minimum Gasteiger partial charge on any atom is -0.347 e. The van der Waals surface area contributed by atoms with Gasteiger partial charge in [-0.25, -0.2) is 0 Å². The molecule has 1 aliphatic rings. The lowest BCUT2D eigenvalue weighted by Gasteiger charge is -2.25. The van der Waals surface area contributed by atoms with Gasteiger partial charge in [0.15, 0.2) is 0 Å². The molecule has 7 heteroatoms. The van der Waals surface area contributed by atoms with Gasteiger partial charge in [0, 0.05) is 23.2 Å². The third-order valence-electron chi connectivity index (χ3n) is 2.70. The minimum atomic E-state index is -0.224. The average molecular weight is 349 g/mol. The van der Waals surface area contributed by atoms with E-state index in [-0.39, 0.29) is 36.7 Å². The van der Waals surface area contributed by atoms with Crippen LogP contribution in [0.3, 0.4) is 0 Å². The molecule has 0 radical (unpaired) electrons. The summed E-state index contributed by atoms with van der Waals surface area (Å²) in [7, 11) is 0. The Morgan fingerprint density at radius 3 is 2.42 bits per heavy atom. The van der Waals surface area contributed by atoms with E-state index in [0.717, 1.165) is 4.47 Å². The Kier molecular flexibility index (Phi) is 6.27. The third-order valence-corrected chi connectivity index (χ3v) is 3.23. The molecular formula is C12H15BrClN3O2. The highest BCUT2D eigenvalue weighted by Gasteiger charge is 2.24. The summed E-state index contributed by atoms with van der Waals surface area (Å²) in [5, 5.41) is 8.33. The molecule has 19 heavy (non-hydrogen) atoms. The summed E-state index contributed by atoms with van der Waals surface area (Å²) in [5.41, 5.74) is 0.711. The monoisotopic (exact) mass is 347 g/mol. The Morgan fingerprint density at radius 1 is 1.26 bits per heavy atom.